The highest BCUT2D eigenvalue weighted by Gasteiger charge is 2.53. The lowest BCUT2D eigenvalue weighted by molar-refractivity contribution is -0.246. The van der Waals surface area contributed by atoms with E-state index in [9.17, 15) is 63.6 Å². The van der Waals surface area contributed by atoms with Crippen LogP contribution in [0.1, 0.15) is 167 Å². The van der Waals surface area contributed by atoms with Gasteiger partial charge in [0.25, 0.3) is 11.7 Å². The predicted octanol–water partition coefficient (Wildman–Crippen LogP) is 7.52. The number of ether oxygens (including phenoxy) is 8. The van der Waals surface area contributed by atoms with Crippen LogP contribution < -0.4 is 25.7 Å². The fourth-order valence-corrected chi connectivity index (χ4v) is 14.2. The van der Waals surface area contributed by atoms with E-state index >= 15 is 4.39 Å². The van der Waals surface area contributed by atoms with Crippen molar-refractivity contribution in [3.63, 3.8) is 0 Å². The molecule has 2 aliphatic carbocycles. The molecule has 96 heavy (non-hydrogen) atoms. The topological polar surface area (TPSA) is 341 Å². The minimum Gasteiger partial charge on any atom is -0.507 e. The van der Waals surface area contributed by atoms with Crippen LogP contribution >= 0.6 is 11.6 Å². The van der Waals surface area contributed by atoms with Crippen molar-refractivity contribution in [2.75, 3.05) is 24.8 Å². The molecule has 0 radical (unpaired) electrons. The van der Waals surface area contributed by atoms with E-state index < -0.39 is 189 Å². The second kappa shape index (κ2) is 27.9. The Hall–Kier alpha value is -7.85. The number of fused-ring (bicyclic) bond motifs is 16. The van der Waals surface area contributed by atoms with E-state index in [4.69, 9.17) is 49.5 Å². The first-order valence-corrected chi connectivity index (χ1v) is 32.7. The number of aromatic carboxylic acids is 1. The van der Waals surface area contributed by atoms with Gasteiger partial charge in [-0.1, -0.05) is 50.6 Å². The smallest absolute Gasteiger partial charge is 0.341 e. The highest BCUT2D eigenvalue weighted by atomic mass is 35.5. The van der Waals surface area contributed by atoms with Crippen molar-refractivity contribution in [2.24, 2.45) is 29.1 Å². The number of carbonyl (C=O) groups excluding carboxylic acids is 7. The van der Waals surface area contributed by atoms with Crippen molar-refractivity contribution < 1.29 is 101 Å². The molecule has 2 aromatic carbocycles. The summed E-state index contributed by atoms with van der Waals surface area (Å²) in [6, 6.07) is 0.285. The summed E-state index contributed by atoms with van der Waals surface area (Å²) in [5.74, 6) is -15.6. The Balaban J connectivity index is 0.923. The van der Waals surface area contributed by atoms with Crippen molar-refractivity contribution >= 4 is 75.3 Å². The van der Waals surface area contributed by atoms with Crippen molar-refractivity contribution in [3.8, 4) is 11.5 Å². The number of nitrogens with one attached hydrogen (secondary N) is 2. The minimum absolute atomic E-state index is 0.00722. The number of aliphatic hydroxyl groups excluding tert-OH is 2. The third kappa shape index (κ3) is 14.0. The molecule has 11 rings (SSSR count). The fourth-order valence-electron chi connectivity index (χ4n) is 13.8. The van der Waals surface area contributed by atoms with Gasteiger partial charge in [-0.2, -0.15) is 0 Å². The van der Waals surface area contributed by atoms with Crippen LogP contribution in [0.15, 0.2) is 65.0 Å². The molecule has 4 fully saturated rings. The van der Waals surface area contributed by atoms with Gasteiger partial charge in [0.2, 0.25) is 17.1 Å². The van der Waals surface area contributed by atoms with E-state index in [1.807, 2.05) is 0 Å². The lowest BCUT2D eigenvalue weighted by Crippen LogP contribution is -2.50. The number of anilines is 1. The summed E-state index contributed by atoms with van der Waals surface area (Å²) in [4.78, 5) is 126. The number of aromatic nitrogens is 1. The summed E-state index contributed by atoms with van der Waals surface area (Å²) in [6.07, 6.45) is 2.51. The Morgan fingerprint density at radius 1 is 0.958 bits per heavy atom. The quantitative estimate of drug-likeness (QED) is 0.0954. The molecule has 15 atom stereocenters. The second-order valence-electron chi connectivity index (χ2n) is 27.1. The normalized spacial score (nSPS) is 31.3. The number of Topliss-reactive ketones (excluding diaryl/α,β-unsaturated/α-hetero) is 2. The van der Waals surface area contributed by atoms with Gasteiger partial charge in [-0.25, -0.2) is 9.18 Å². The average Bonchev–Trinajstić information content (AvgIpc) is 1.50. The molecule has 518 valence electrons. The number of halogens is 2. The van der Waals surface area contributed by atoms with Crippen LogP contribution in [-0.4, -0.2) is 159 Å². The number of carboxylic acids is 1. The van der Waals surface area contributed by atoms with Crippen molar-refractivity contribution in [1.82, 2.24) is 15.2 Å². The molecule has 3 aromatic rings. The lowest BCUT2D eigenvalue weighted by Gasteiger charge is -2.41. The number of pyridine rings is 1. The van der Waals surface area contributed by atoms with Gasteiger partial charge >= 0.3 is 23.7 Å². The molecule has 6 aliphatic heterocycles. The van der Waals surface area contributed by atoms with Crippen molar-refractivity contribution in [1.29, 1.82) is 0 Å². The number of allylic oxidation sites excluding steroid dienone is 4. The minimum atomic E-state index is -2.22. The van der Waals surface area contributed by atoms with Gasteiger partial charge < -0.3 is 78.4 Å². The Bertz CT molecular complexity index is 3870. The molecule has 7 heterocycles. The zero-order chi connectivity index (χ0) is 69.9. The number of carboxylic acid groups (broad SMARTS) is 1. The molecule has 6 N–H and O–H groups in total. The maximum atomic E-state index is 16.3. The summed E-state index contributed by atoms with van der Waals surface area (Å²) >= 11 is 7.01. The van der Waals surface area contributed by atoms with Crippen LogP contribution in [0.2, 0.25) is 5.02 Å². The molecular weight excluding hydrogens is 1280 g/mol. The first-order valence-electron chi connectivity index (χ1n) is 32.3. The fraction of sp³-hybridized carbons (Fsp3) is 0.551. The molecule has 27 heteroatoms. The number of amides is 2. The average molecular weight is 1360 g/mol. The van der Waals surface area contributed by atoms with Crippen LogP contribution in [-0.2, 0) is 52.3 Å². The van der Waals surface area contributed by atoms with E-state index in [1.165, 1.54) is 85.9 Å². The highest BCUT2D eigenvalue weighted by molar-refractivity contribution is 6.38. The Labute approximate surface area is 557 Å². The van der Waals surface area contributed by atoms with Gasteiger partial charge in [-0.15, -0.1) is 0 Å². The number of aromatic hydroxyl groups is 1. The first kappa shape index (κ1) is 70.9. The number of phenols is 1. The first-order chi connectivity index (χ1) is 45.2. The van der Waals surface area contributed by atoms with Crippen LogP contribution in [0, 0.1) is 41.8 Å². The van der Waals surface area contributed by atoms with Crippen LogP contribution in [0.3, 0.4) is 0 Å². The number of esters is 2. The molecule has 2 amide bonds. The van der Waals surface area contributed by atoms with Gasteiger partial charge in [0, 0.05) is 98.9 Å². The second-order valence-corrected chi connectivity index (χ2v) is 27.5. The van der Waals surface area contributed by atoms with E-state index in [2.05, 4.69) is 10.6 Å². The number of benzene rings is 2. The molecule has 25 nitrogen and oxygen atoms in total. The molecule has 0 spiro atoms. The summed E-state index contributed by atoms with van der Waals surface area (Å²) in [5, 5.41) is 51.6. The SMILES string of the molecule is CC(=O)O[C@H]1[C@H](C)[C@H](O)[C@H](C)[C@@H](O)[C@@H](C(C)OC(=O)C(C)(C)CC(=O)N[C@@H]2CCCCN(c3c(F)cc4c(=O)c(C(=O)O)cn(C5CC5)c4c3Cl)C2)/C=C/C=C(/C)C(=O)NC2=CC(=O)c3c(c(O)c(C)c4c3C(=O)[C@@](C)(O/C=C/[C@H](O[C@H]3C[C@@H]5OCO[C@@H]5[C@@H](C)O3)[C@H]1C)O4)C2=O. The zero-order valence-electron chi connectivity index (χ0n) is 55.2. The predicted molar refractivity (Wildman–Crippen MR) is 342 cm³/mol. The van der Waals surface area contributed by atoms with Crippen LogP contribution in [0.25, 0.3) is 10.9 Å². The molecule has 8 aliphatic rings. The largest absolute Gasteiger partial charge is 0.507 e. The Morgan fingerprint density at radius 2 is 1.68 bits per heavy atom. The summed E-state index contributed by atoms with van der Waals surface area (Å²) in [5.41, 5.74) is -4.77. The number of hydrogen-bond acceptors (Lipinski definition) is 21. The van der Waals surface area contributed by atoms with Crippen LogP contribution in [0.5, 0.6) is 11.5 Å². The van der Waals surface area contributed by atoms with Crippen molar-refractivity contribution in [3.05, 3.63) is 109 Å². The molecule has 1 unspecified atom stereocenters. The molecule has 3 saturated heterocycles. The molecular formula is C69H82ClFN4O21. The third-order valence-electron chi connectivity index (χ3n) is 19.5. The number of aliphatic hydroxyl groups is 2. The zero-order valence-corrected chi connectivity index (χ0v) is 56.0. The number of ketones is 3. The molecule has 1 aromatic heterocycles. The Morgan fingerprint density at radius 3 is 2.36 bits per heavy atom. The number of phenolic OH excluding ortho intramolecular Hbond substituents is 1. The number of carbonyl (C=O) groups is 8. The standard InChI is InChI=1S/C69H82ClFN4O21/c1-30-15-14-17-40(35(6)93-67(88)68(9,10)26-48(78)72-38-16-12-13-21-74(27-38)55-43(71)23-41-54(53(55)70)75(39-18-19-39)28-42(59(41)82)66(86)87)57(80)32(3)56(79)33(4)61(94-37(8)76)31(2)46(95-49-25-47-63(36(7)92-49)90-29-89-47)20-22-91-69(11)64(84)52-50-45(77)24-44(73-65(30)85)60(83)51(50)58(81)34(5)62(52)96-69/h14-15,17,20,22-24,28,31-33,35-36,38-40,46-47,49,56-57,61,63,79-81H,12-13,16,18-19,21,25-27,29H2,1-11H3,(H,72,78)(H,73,85)(H,86,87)/b17-14+,22-20+,30-15-/t31-,32+,33-,35?,36-,38-,40-,46+,47+,49+,56-,57-,61-,63-,69+/m1/s1. The third-order valence-corrected chi connectivity index (χ3v) is 19.8. The number of nitrogens with zero attached hydrogens (tertiary/aromatic N) is 2. The van der Waals surface area contributed by atoms with E-state index in [0.29, 0.717) is 38.6 Å². The molecule has 5 bridgehead atoms. The van der Waals surface area contributed by atoms with Gasteiger partial charge in [-0.05, 0) is 85.8 Å². The van der Waals surface area contributed by atoms with Gasteiger partial charge in [0.05, 0.1) is 86.2 Å². The molecule has 1 saturated carbocycles. The maximum absolute atomic E-state index is 16.3. The van der Waals surface area contributed by atoms with Crippen molar-refractivity contribution in [2.45, 2.75) is 194 Å². The number of rotatable bonds is 12. The summed E-state index contributed by atoms with van der Waals surface area (Å²) < 4.78 is 66.8. The van der Waals surface area contributed by atoms with E-state index in [0.717, 1.165) is 18.4 Å². The van der Waals surface area contributed by atoms with Crippen LogP contribution in [0.4, 0.5) is 10.1 Å². The van der Waals surface area contributed by atoms with Gasteiger partial charge in [0.15, 0.2) is 12.1 Å². The Kier molecular flexibility index (Phi) is 20.6. The monoisotopic (exact) mass is 1360 g/mol. The summed E-state index contributed by atoms with van der Waals surface area (Å²) in [6.45, 7) is 16.7. The van der Waals surface area contributed by atoms with E-state index in [1.54, 1.807) is 30.2 Å². The number of hydrogen-bond donors (Lipinski definition) is 6. The maximum Gasteiger partial charge on any atom is 0.341 e. The van der Waals surface area contributed by atoms with E-state index in [-0.39, 0.29) is 69.9 Å². The highest BCUT2D eigenvalue weighted by Crippen LogP contribution is 2.49. The summed E-state index contributed by atoms with van der Waals surface area (Å²) in [7, 11) is 0. The van der Waals surface area contributed by atoms with Gasteiger partial charge in [0.1, 0.15) is 48.0 Å². The van der Waals surface area contributed by atoms with Gasteiger partial charge in [-0.3, -0.25) is 38.4 Å². The lowest BCUT2D eigenvalue weighted by atomic mass is 9.77.